The van der Waals surface area contributed by atoms with Crippen molar-refractivity contribution in [3.05, 3.63) is 45.9 Å². The number of thiazole rings is 1. The zero-order chi connectivity index (χ0) is 13.0. The Morgan fingerprint density at radius 2 is 2.22 bits per heavy atom. The fourth-order valence-electron chi connectivity index (χ4n) is 1.88. The van der Waals surface area contributed by atoms with Gasteiger partial charge in [-0.1, -0.05) is 18.2 Å². The summed E-state index contributed by atoms with van der Waals surface area (Å²) in [5, 5.41) is 3.19. The molecule has 1 unspecified atom stereocenters. The van der Waals surface area contributed by atoms with Gasteiger partial charge in [-0.2, -0.15) is 0 Å². The summed E-state index contributed by atoms with van der Waals surface area (Å²) in [6.07, 6.45) is 2.91. The smallest absolute Gasteiger partial charge is 0.0947 e. The van der Waals surface area contributed by atoms with Crippen molar-refractivity contribution < 1.29 is 0 Å². The average Bonchev–Trinajstić information content (AvgIpc) is 2.81. The number of hydrogen-bond donors (Lipinski definition) is 2. The first-order valence-electron chi connectivity index (χ1n) is 5.74. The van der Waals surface area contributed by atoms with Gasteiger partial charge in [0.05, 0.1) is 11.0 Å². The van der Waals surface area contributed by atoms with Crippen molar-refractivity contribution in [2.75, 3.05) is 6.26 Å². The number of nitrogens with two attached hydrogens (primary N) is 1. The van der Waals surface area contributed by atoms with Crippen molar-refractivity contribution in [3.63, 3.8) is 0 Å². The second-order valence-electron chi connectivity index (χ2n) is 4.05. The van der Waals surface area contributed by atoms with E-state index in [0.717, 1.165) is 17.1 Å². The molecule has 1 aromatic heterocycles. The van der Waals surface area contributed by atoms with E-state index in [-0.39, 0.29) is 6.04 Å². The molecule has 0 aliphatic carbocycles. The minimum absolute atomic E-state index is 0.110. The maximum Gasteiger partial charge on any atom is 0.0947 e. The van der Waals surface area contributed by atoms with Gasteiger partial charge in [0.15, 0.2) is 0 Å². The van der Waals surface area contributed by atoms with Gasteiger partial charge in [-0.05, 0) is 24.8 Å². The fourth-order valence-corrected chi connectivity index (χ4v) is 3.36. The van der Waals surface area contributed by atoms with E-state index in [9.17, 15) is 0 Å². The highest BCUT2D eigenvalue weighted by Crippen LogP contribution is 2.28. The van der Waals surface area contributed by atoms with Gasteiger partial charge in [-0.15, -0.1) is 23.1 Å². The number of aromatic nitrogens is 1. The molecule has 3 N–H and O–H groups in total. The van der Waals surface area contributed by atoms with Crippen molar-refractivity contribution in [3.8, 4) is 0 Å². The molecule has 0 aliphatic rings. The van der Waals surface area contributed by atoms with E-state index in [0.29, 0.717) is 0 Å². The third-order valence-corrected chi connectivity index (χ3v) is 4.56. The van der Waals surface area contributed by atoms with Crippen LogP contribution in [0.4, 0.5) is 0 Å². The van der Waals surface area contributed by atoms with Gasteiger partial charge in [-0.3, -0.25) is 11.3 Å². The molecule has 2 rings (SSSR count). The topological polar surface area (TPSA) is 50.9 Å². The summed E-state index contributed by atoms with van der Waals surface area (Å²) in [6, 6.07) is 8.45. The first kappa shape index (κ1) is 13.5. The van der Waals surface area contributed by atoms with E-state index >= 15 is 0 Å². The standard InChI is InChI=1S/C13H17N3S2/c1-9-8-18-13(15-9)7-11(16-14)10-5-3-4-6-12(10)17-2/h3-6,8,11,16H,7,14H2,1-2H3. The van der Waals surface area contributed by atoms with Crippen LogP contribution >= 0.6 is 23.1 Å². The molecule has 0 radical (unpaired) electrons. The lowest BCUT2D eigenvalue weighted by Gasteiger charge is -2.17. The van der Waals surface area contributed by atoms with Gasteiger partial charge in [0.25, 0.3) is 0 Å². The lowest BCUT2D eigenvalue weighted by Crippen LogP contribution is -2.30. The minimum atomic E-state index is 0.110. The number of nitrogens with one attached hydrogen (secondary N) is 1. The van der Waals surface area contributed by atoms with Crippen LogP contribution in [0.25, 0.3) is 0 Å². The predicted octanol–water partition coefficient (Wildman–Crippen LogP) is 2.92. The highest BCUT2D eigenvalue weighted by molar-refractivity contribution is 7.98. The highest BCUT2D eigenvalue weighted by Gasteiger charge is 2.15. The summed E-state index contributed by atoms with van der Waals surface area (Å²) >= 11 is 3.43. The Morgan fingerprint density at radius 3 is 2.83 bits per heavy atom. The largest absolute Gasteiger partial charge is 0.271 e. The molecule has 18 heavy (non-hydrogen) atoms. The number of aryl methyl sites for hydroxylation is 1. The van der Waals surface area contributed by atoms with Crippen LogP contribution in [0.2, 0.25) is 0 Å². The number of thioether (sulfide) groups is 1. The van der Waals surface area contributed by atoms with Gasteiger partial charge in [-0.25, -0.2) is 4.98 Å². The van der Waals surface area contributed by atoms with Gasteiger partial charge >= 0.3 is 0 Å². The molecule has 3 nitrogen and oxygen atoms in total. The molecule has 1 heterocycles. The first-order chi connectivity index (χ1) is 8.74. The molecule has 0 saturated carbocycles. The molecule has 0 bridgehead atoms. The number of nitrogens with zero attached hydrogens (tertiary/aromatic N) is 1. The maximum absolute atomic E-state index is 5.70. The molecule has 5 heteroatoms. The lowest BCUT2D eigenvalue weighted by molar-refractivity contribution is 0.543. The fraction of sp³-hybridized carbons (Fsp3) is 0.308. The highest BCUT2D eigenvalue weighted by atomic mass is 32.2. The Labute approximate surface area is 116 Å². The van der Waals surface area contributed by atoms with E-state index in [1.165, 1.54) is 10.5 Å². The zero-order valence-electron chi connectivity index (χ0n) is 10.5. The van der Waals surface area contributed by atoms with Crippen LogP contribution in [-0.4, -0.2) is 11.2 Å². The monoisotopic (exact) mass is 279 g/mol. The molecular formula is C13H17N3S2. The van der Waals surface area contributed by atoms with Crippen LogP contribution in [0.1, 0.15) is 22.3 Å². The average molecular weight is 279 g/mol. The molecule has 0 saturated heterocycles. The zero-order valence-corrected chi connectivity index (χ0v) is 12.1. The Bertz CT molecular complexity index is 510. The molecule has 2 aromatic rings. The molecule has 96 valence electrons. The van der Waals surface area contributed by atoms with Crippen LogP contribution in [-0.2, 0) is 6.42 Å². The van der Waals surface area contributed by atoms with Crippen LogP contribution in [0.5, 0.6) is 0 Å². The van der Waals surface area contributed by atoms with E-state index in [1.807, 2.05) is 13.0 Å². The summed E-state index contributed by atoms with van der Waals surface area (Å²) in [4.78, 5) is 5.75. The van der Waals surface area contributed by atoms with Crippen molar-refractivity contribution in [2.24, 2.45) is 5.84 Å². The molecule has 0 spiro atoms. The third-order valence-electron chi connectivity index (χ3n) is 2.76. The minimum Gasteiger partial charge on any atom is -0.271 e. The molecule has 0 amide bonds. The molecule has 1 atom stereocenters. The summed E-state index contributed by atoms with van der Waals surface area (Å²) in [7, 11) is 0. The van der Waals surface area contributed by atoms with Gasteiger partial charge in [0.2, 0.25) is 0 Å². The molecule has 0 fully saturated rings. The molecule has 0 aliphatic heterocycles. The predicted molar refractivity (Wildman–Crippen MR) is 78.8 cm³/mol. The van der Waals surface area contributed by atoms with E-state index in [2.05, 4.69) is 40.2 Å². The maximum atomic E-state index is 5.70. The lowest BCUT2D eigenvalue weighted by atomic mass is 10.0. The Morgan fingerprint density at radius 1 is 1.44 bits per heavy atom. The van der Waals surface area contributed by atoms with Crippen molar-refractivity contribution >= 4 is 23.1 Å². The van der Waals surface area contributed by atoms with Gasteiger partial charge in [0, 0.05) is 22.4 Å². The van der Waals surface area contributed by atoms with Crippen molar-refractivity contribution in [1.82, 2.24) is 10.4 Å². The van der Waals surface area contributed by atoms with Crippen molar-refractivity contribution in [1.29, 1.82) is 0 Å². The Balaban J connectivity index is 2.22. The quantitative estimate of drug-likeness (QED) is 0.502. The number of hydrogen-bond acceptors (Lipinski definition) is 5. The third kappa shape index (κ3) is 3.11. The van der Waals surface area contributed by atoms with E-state index < -0.39 is 0 Å². The van der Waals surface area contributed by atoms with Crippen LogP contribution in [0.15, 0.2) is 34.5 Å². The number of benzene rings is 1. The van der Waals surface area contributed by atoms with Crippen molar-refractivity contribution in [2.45, 2.75) is 24.3 Å². The summed E-state index contributed by atoms with van der Waals surface area (Å²) in [5.74, 6) is 5.70. The normalized spacial score (nSPS) is 12.6. The SMILES string of the molecule is CSc1ccccc1C(Cc1nc(C)cs1)NN. The van der Waals surface area contributed by atoms with Gasteiger partial charge < -0.3 is 0 Å². The van der Waals surface area contributed by atoms with Crippen LogP contribution < -0.4 is 11.3 Å². The summed E-state index contributed by atoms with van der Waals surface area (Å²) in [6.45, 7) is 2.01. The number of rotatable bonds is 5. The first-order valence-corrected chi connectivity index (χ1v) is 7.85. The molecule has 1 aromatic carbocycles. The molecular weight excluding hydrogens is 262 g/mol. The second kappa shape index (κ2) is 6.33. The van der Waals surface area contributed by atoms with Crippen LogP contribution in [0, 0.1) is 6.92 Å². The van der Waals surface area contributed by atoms with Crippen LogP contribution in [0.3, 0.4) is 0 Å². The number of hydrazine groups is 1. The Kier molecular flexibility index (Phi) is 4.77. The second-order valence-corrected chi connectivity index (χ2v) is 5.84. The van der Waals surface area contributed by atoms with Gasteiger partial charge in [0.1, 0.15) is 0 Å². The van der Waals surface area contributed by atoms with E-state index in [1.54, 1.807) is 23.1 Å². The summed E-state index contributed by atoms with van der Waals surface area (Å²) < 4.78 is 0. The summed E-state index contributed by atoms with van der Waals surface area (Å²) in [5.41, 5.74) is 5.21. The van der Waals surface area contributed by atoms with E-state index in [4.69, 9.17) is 5.84 Å². The Hall–Kier alpha value is -0.880.